The number of aryl methyl sites for hydroxylation is 1. The van der Waals surface area contributed by atoms with Gasteiger partial charge in [-0.1, -0.05) is 20.3 Å². The number of amides is 2. The van der Waals surface area contributed by atoms with E-state index in [1.807, 2.05) is 55.9 Å². The highest BCUT2D eigenvalue weighted by Gasteiger charge is 2.25. The molecule has 0 saturated carbocycles. The van der Waals surface area contributed by atoms with Gasteiger partial charge in [0.2, 0.25) is 11.8 Å². The van der Waals surface area contributed by atoms with E-state index in [9.17, 15) is 9.59 Å². The number of rotatable bonds is 11. The summed E-state index contributed by atoms with van der Waals surface area (Å²) in [4.78, 5) is 29.4. The number of furan rings is 1. The fourth-order valence-corrected chi connectivity index (χ4v) is 3.11. The topological polar surface area (TPSA) is 58.7 Å². The van der Waals surface area contributed by atoms with Gasteiger partial charge < -0.3 is 18.8 Å². The van der Waals surface area contributed by atoms with E-state index in [1.54, 1.807) is 16.1 Å². The molecule has 0 aliphatic heterocycles. The third-order valence-corrected chi connectivity index (χ3v) is 5.18. The van der Waals surface area contributed by atoms with E-state index in [4.69, 9.17) is 4.42 Å². The maximum absolute atomic E-state index is 13.2. The van der Waals surface area contributed by atoms with Gasteiger partial charge in [0.05, 0.1) is 19.4 Å². The molecule has 2 amide bonds. The number of carbonyl (C=O) groups is 2. The van der Waals surface area contributed by atoms with Crippen molar-refractivity contribution in [1.82, 2.24) is 14.4 Å². The number of unbranched alkanes of at least 4 members (excludes halogenated alkanes) is 1. The molecule has 0 unspecified atom stereocenters. The second-order valence-electron chi connectivity index (χ2n) is 7.32. The van der Waals surface area contributed by atoms with Gasteiger partial charge in [0.15, 0.2) is 0 Å². The van der Waals surface area contributed by atoms with Crippen LogP contribution in [0.3, 0.4) is 0 Å². The minimum atomic E-state index is -0.0669. The summed E-state index contributed by atoms with van der Waals surface area (Å²) in [6.07, 6.45) is 6.70. The second kappa shape index (κ2) is 10.7. The van der Waals surface area contributed by atoms with E-state index >= 15 is 0 Å². The Kier molecular flexibility index (Phi) is 8.36. The van der Waals surface area contributed by atoms with Crippen LogP contribution in [0.5, 0.6) is 0 Å². The molecule has 2 heterocycles. The van der Waals surface area contributed by atoms with E-state index in [-0.39, 0.29) is 24.4 Å². The summed E-state index contributed by atoms with van der Waals surface area (Å²) in [7, 11) is 1.96. The molecule has 0 radical (unpaired) electrons. The number of hydrogen-bond donors (Lipinski definition) is 0. The average molecular weight is 388 g/mol. The van der Waals surface area contributed by atoms with Gasteiger partial charge in [0.1, 0.15) is 12.3 Å². The fourth-order valence-electron chi connectivity index (χ4n) is 3.11. The van der Waals surface area contributed by atoms with E-state index in [0.717, 1.165) is 30.7 Å². The number of hydrogen-bond acceptors (Lipinski definition) is 3. The standard InChI is InChI=1S/C22H33N3O3/c1-5-7-12-21(26)25(18(3)6-2)17-22(27)24(16-20-11-9-14-28-20)15-19-10-8-13-23(19)4/h8-11,13-14,18H,5-7,12,15-17H2,1-4H3/t18-/m0/s1. The second-order valence-corrected chi connectivity index (χ2v) is 7.32. The van der Waals surface area contributed by atoms with Crippen molar-refractivity contribution in [2.24, 2.45) is 7.05 Å². The lowest BCUT2D eigenvalue weighted by molar-refractivity contribution is -0.143. The molecular weight excluding hydrogens is 354 g/mol. The van der Waals surface area contributed by atoms with Crippen molar-refractivity contribution in [3.63, 3.8) is 0 Å². The predicted molar refractivity (Wildman–Crippen MR) is 109 cm³/mol. The maximum atomic E-state index is 13.2. The first kappa shape index (κ1) is 21.8. The monoisotopic (exact) mass is 387 g/mol. The molecule has 0 aliphatic rings. The molecule has 0 saturated heterocycles. The molecule has 6 heteroatoms. The zero-order valence-electron chi connectivity index (χ0n) is 17.6. The summed E-state index contributed by atoms with van der Waals surface area (Å²) in [5, 5.41) is 0. The van der Waals surface area contributed by atoms with Crippen molar-refractivity contribution in [2.45, 2.75) is 65.6 Å². The number of carbonyl (C=O) groups excluding carboxylic acids is 2. The SMILES string of the molecule is CCCCC(=O)N(CC(=O)N(Cc1ccco1)Cc1cccn1C)[C@@H](C)CC. The van der Waals surface area contributed by atoms with Crippen molar-refractivity contribution in [1.29, 1.82) is 0 Å². The average Bonchev–Trinajstić information content (AvgIpc) is 3.34. The summed E-state index contributed by atoms with van der Waals surface area (Å²) in [6.45, 7) is 7.07. The molecule has 2 rings (SSSR count). The summed E-state index contributed by atoms with van der Waals surface area (Å²) < 4.78 is 7.46. The lowest BCUT2D eigenvalue weighted by Gasteiger charge is -2.31. The first-order valence-corrected chi connectivity index (χ1v) is 10.2. The molecule has 0 fully saturated rings. The Hall–Kier alpha value is -2.50. The molecule has 6 nitrogen and oxygen atoms in total. The normalized spacial score (nSPS) is 12.0. The van der Waals surface area contributed by atoms with Crippen LogP contribution in [-0.4, -0.2) is 38.8 Å². The number of aromatic nitrogens is 1. The van der Waals surface area contributed by atoms with E-state index < -0.39 is 0 Å². The van der Waals surface area contributed by atoms with Gasteiger partial charge in [-0.25, -0.2) is 0 Å². The Morgan fingerprint density at radius 3 is 2.50 bits per heavy atom. The van der Waals surface area contributed by atoms with E-state index in [1.165, 1.54) is 0 Å². The van der Waals surface area contributed by atoms with Crippen LogP contribution in [0.1, 0.15) is 57.9 Å². The molecule has 0 bridgehead atoms. The third-order valence-electron chi connectivity index (χ3n) is 5.18. The van der Waals surface area contributed by atoms with Gasteiger partial charge in [0.25, 0.3) is 0 Å². The van der Waals surface area contributed by atoms with Crippen LogP contribution in [0.2, 0.25) is 0 Å². The van der Waals surface area contributed by atoms with Crippen molar-refractivity contribution in [3.05, 3.63) is 48.2 Å². The fraction of sp³-hybridized carbons (Fsp3) is 0.545. The molecule has 0 N–H and O–H groups in total. The summed E-state index contributed by atoms with van der Waals surface area (Å²) >= 11 is 0. The van der Waals surface area contributed by atoms with Crippen molar-refractivity contribution in [3.8, 4) is 0 Å². The highest BCUT2D eigenvalue weighted by molar-refractivity contribution is 5.85. The Balaban J connectivity index is 2.16. The zero-order chi connectivity index (χ0) is 20.5. The molecule has 0 aromatic carbocycles. The molecule has 2 aromatic heterocycles. The van der Waals surface area contributed by atoms with Crippen LogP contribution >= 0.6 is 0 Å². The quantitative estimate of drug-likeness (QED) is 0.586. The Morgan fingerprint density at radius 2 is 1.93 bits per heavy atom. The molecular formula is C22H33N3O3. The molecule has 1 atom stereocenters. The molecule has 0 spiro atoms. The highest BCUT2D eigenvalue weighted by atomic mass is 16.3. The van der Waals surface area contributed by atoms with Crippen molar-refractivity contribution >= 4 is 11.8 Å². The summed E-state index contributed by atoms with van der Waals surface area (Å²) in [6, 6.07) is 7.68. The van der Waals surface area contributed by atoms with Gasteiger partial charge >= 0.3 is 0 Å². The van der Waals surface area contributed by atoms with E-state index in [2.05, 4.69) is 6.92 Å². The summed E-state index contributed by atoms with van der Waals surface area (Å²) in [5.74, 6) is 0.721. The lowest BCUT2D eigenvalue weighted by atomic mass is 10.1. The molecule has 154 valence electrons. The van der Waals surface area contributed by atoms with Crippen molar-refractivity contribution < 1.29 is 14.0 Å². The predicted octanol–water partition coefficient (Wildman–Crippen LogP) is 3.96. The van der Waals surface area contributed by atoms with Crippen LogP contribution in [-0.2, 0) is 29.7 Å². The minimum absolute atomic E-state index is 0.0359. The maximum Gasteiger partial charge on any atom is 0.242 e. The number of nitrogens with zero attached hydrogens (tertiary/aromatic N) is 3. The summed E-state index contributed by atoms with van der Waals surface area (Å²) in [5.41, 5.74) is 1.03. The minimum Gasteiger partial charge on any atom is -0.467 e. The lowest BCUT2D eigenvalue weighted by Crippen LogP contribution is -2.46. The first-order chi connectivity index (χ1) is 13.5. The van der Waals surface area contributed by atoms with Gasteiger partial charge in [-0.15, -0.1) is 0 Å². The van der Waals surface area contributed by atoms with Crippen LogP contribution in [0.15, 0.2) is 41.1 Å². The van der Waals surface area contributed by atoms with Gasteiger partial charge in [-0.05, 0) is 44.0 Å². The largest absolute Gasteiger partial charge is 0.467 e. The highest BCUT2D eigenvalue weighted by Crippen LogP contribution is 2.14. The van der Waals surface area contributed by atoms with Crippen molar-refractivity contribution in [2.75, 3.05) is 6.54 Å². The van der Waals surface area contributed by atoms with Gasteiger partial charge in [-0.2, -0.15) is 0 Å². The third kappa shape index (κ3) is 6.01. The van der Waals surface area contributed by atoms with Crippen LogP contribution in [0.4, 0.5) is 0 Å². The zero-order valence-corrected chi connectivity index (χ0v) is 17.6. The Labute approximate surface area is 168 Å². The van der Waals surface area contributed by atoms with Crippen LogP contribution in [0, 0.1) is 0 Å². The first-order valence-electron chi connectivity index (χ1n) is 10.2. The smallest absolute Gasteiger partial charge is 0.242 e. The van der Waals surface area contributed by atoms with Gasteiger partial charge in [-0.3, -0.25) is 9.59 Å². The van der Waals surface area contributed by atoms with Crippen LogP contribution in [0.25, 0.3) is 0 Å². The Bertz CT molecular complexity index is 736. The van der Waals surface area contributed by atoms with Gasteiger partial charge in [0, 0.05) is 31.4 Å². The van der Waals surface area contributed by atoms with Crippen LogP contribution < -0.4 is 0 Å². The van der Waals surface area contributed by atoms with E-state index in [0.29, 0.717) is 19.5 Å². The molecule has 2 aromatic rings. The molecule has 28 heavy (non-hydrogen) atoms. The molecule has 0 aliphatic carbocycles. The Morgan fingerprint density at radius 1 is 1.14 bits per heavy atom.